The minimum Gasteiger partial charge on any atom is -0.365 e. The summed E-state index contributed by atoms with van der Waals surface area (Å²) in [6.07, 6.45) is 4.53. The number of anilines is 1. The summed E-state index contributed by atoms with van der Waals surface area (Å²) in [5.41, 5.74) is 7.47. The van der Waals surface area contributed by atoms with Crippen molar-refractivity contribution in [3.05, 3.63) is 45.8 Å². The van der Waals surface area contributed by atoms with Gasteiger partial charge in [0.1, 0.15) is 5.00 Å². The van der Waals surface area contributed by atoms with Crippen molar-refractivity contribution in [2.75, 3.05) is 25.0 Å². The van der Waals surface area contributed by atoms with E-state index >= 15 is 0 Å². The number of rotatable bonds is 7. The molecule has 3 aliphatic rings. The van der Waals surface area contributed by atoms with Crippen molar-refractivity contribution in [1.82, 2.24) is 9.21 Å². The van der Waals surface area contributed by atoms with Gasteiger partial charge >= 0.3 is 0 Å². The van der Waals surface area contributed by atoms with Gasteiger partial charge in [-0.05, 0) is 79.3 Å². The number of nitrogens with two attached hydrogens (primary N) is 1. The van der Waals surface area contributed by atoms with Crippen molar-refractivity contribution in [3.8, 4) is 0 Å². The number of hydrogen-bond donors (Lipinski definition) is 2. The van der Waals surface area contributed by atoms with E-state index in [0.29, 0.717) is 22.7 Å². The number of nitrogens with zero attached hydrogens (tertiary/aromatic N) is 2. The fourth-order valence-corrected chi connectivity index (χ4v) is 10.2. The lowest BCUT2D eigenvalue weighted by molar-refractivity contribution is 0.0999. The maximum absolute atomic E-state index is 13.6. The number of fused-ring (bicyclic) bond motifs is 3. The molecule has 3 heterocycles. The predicted octanol–water partition coefficient (Wildman–Crippen LogP) is 4.46. The van der Waals surface area contributed by atoms with Crippen LogP contribution < -0.4 is 11.1 Å². The smallest absolute Gasteiger partial charge is 0.256 e. The molecule has 3 N–H and O–H groups in total. The fourth-order valence-electron chi connectivity index (χ4n) is 7.09. The van der Waals surface area contributed by atoms with Crippen LogP contribution in [0.25, 0.3) is 0 Å². The molecule has 2 aromatic rings. The number of primary amides is 1. The van der Waals surface area contributed by atoms with Crippen LogP contribution in [0.5, 0.6) is 0 Å². The Morgan fingerprint density at radius 2 is 1.87 bits per heavy atom. The van der Waals surface area contributed by atoms with Gasteiger partial charge in [-0.2, -0.15) is 4.31 Å². The van der Waals surface area contributed by atoms with Crippen molar-refractivity contribution < 1.29 is 18.0 Å². The van der Waals surface area contributed by atoms with Crippen LogP contribution in [0, 0.1) is 10.8 Å². The van der Waals surface area contributed by atoms with Gasteiger partial charge in [-0.15, -0.1) is 11.3 Å². The van der Waals surface area contributed by atoms with E-state index in [9.17, 15) is 18.0 Å². The zero-order chi connectivity index (χ0) is 27.5. The van der Waals surface area contributed by atoms with Gasteiger partial charge in [-0.3, -0.25) is 14.5 Å². The molecular weight excluding hydrogens is 520 g/mol. The van der Waals surface area contributed by atoms with Crippen LogP contribution in [0.3, 0.4) is 0 Å². The largest absolute Gasteiger partial charge is 0.365 e. The standard InChI is InChI=1S/C28H38N4O4S2/c1-5-11-31-12-10-21-22(15-31)37-26(23(21)24(29)33)30-25(34)18-6-8-20(9-7-18)38(35,36)32-17-28(4)14-19(32)13-27(2,3)16-28/h6-9,19H,5,10-17H2,1-4H3,(H2,29,33)(H,30,34). The zero-order valence-corrected chi connectivity index (χ0v) is 24.3. The Morgan fingerprint density at radius 1 is 1.16 bits per heavy atom. The van der Waals surface area contributed by atoms with E-state index in [1.54, 1.807) is 4.31 Å². The average molecular weight is 559 g/mol. The number of carbonyl (C=O) groups excluding carboxylic acids is 2. The predicted molar refractivity (Wildman–Crippen MR) is 150 cm³/mol. The molecule has 1 saturated heterocycles. The molecule has 8 nitrogen and oxygen atoms in total. The second-order valence-electron chi connectivity index (χ2n) is 12.3. The maximum atomic E-state index is 13.6. The van der Waals surface area contributed by atoms with Crippen molar-refractivity contribution in [1.29, 1.82) is 0 Å². The van der Waals surface area contributed by atoms with Gasteiger partial charge in [0.25, 0.3) is 11.8 Å². The Morgan fingerprint density at radius 3 is 2.53 bits per heavy atom. The van der Waals surface area contributed by atoms with Crippen LogP contribution in [0.15, 0.2) is 29.2 Å². The summed E-state index contributed by atoms with van der Waals surface area (Å²) in [5.74, 6) is -0.942. The molecule has 38 heavy (non-hydrogen) atoms. The summed E-state index contributed by atoms with van der Waals surface area (Å²) < 4.78 is 28.8. The summed E-state index contributed by atoms with van der Waals surface area (Å²) in [6.45, 7) is 11.9. The Bertz CT molecular complexity index is 1370. The molecule has 2 atom stereocenters. The third-order valence-corrected chi connectivity index (χ3v) is 11.3. The molecular formula is C28H38N4O4S2. The minimum atomic E-state index is -3.67. The van der Waals surface area contributed by atoms with E-state index < -0.39 is 21.8 Å². The second-order valence-corrected chi connectivity index (χ2v) is 15.3. The number of benzene rings is 1. The summed E-state index contributed by atoms with van der Waals surface area (Å²) in [7, 11) is -3.67. The highest BCUT2D eigenvalue weighted by Gasteiger charge is 2.53. The van der Waals surface area contributed by atoms with Crippen LogP contribution in [-0.2, 0) is 23.0 Å². The topological polar surface area (TPSA) is 113 Å². The lowest BCUT2D eigenvalue weighted by Gasteiger charge is -2.39. The molecule has 1 saturated carbocycles. The van der Waals surface area contributed by atoms with E-state index in [1.165, 1.54) is 35.6 Å². The van der Waals surface area contributed by atoms with Crippen molar-refractivity contribution >= 4 is 38.2 Å². The van der Waals surface area contributed by atoms with Crippen molar-refractivity contribution in [3.63, 3.8) is 0 Å². The van der Waals surface area contributed by atoms with Gasteiger partial charge in [-0.25, -0.2) is 8.42 Å². The van der Waals surface area contributed by atoms with Crippen LogP contribution >= 0.6 is 11.3 Å². The van der Waals surface area contributed by atoms with Crippen LogP contribution in [-0.4, -0.2) is 55.1 Å². The summed E-state index contributed by atoms with van der Waals surface area (Å²) in [4.78, 5) is 29.0. The van der Waals surface area contributed by atoms with E-state index in [-0.39, 0.29) is 21.8 Å². The molecule has 0 spiro atoms. The molecule has 1 aliphatic carbocycles. The number of carbonyl (C=O) groups is 2. The molecule has 10 heteroatoms. The molecule has 2 amide bonds. The third-order valence-electron chi connectivity index (χ3n) is 8.24. The molecule has 2 unspecified atom stereocenters. The summed E-state index contributed by atoms with van der Waals surface area (Å²) >= 11 is 1.40. The minimum absolute atomic E-state index is 0.00191. The lowest BCUT2D eigenvalue weighted by Crippen LogP contribution is -2.37. The van der Waals surface area contributed by atoms with E-state index in [1.807, 2.05) is 0 Å². The Labute approximate surface area is 229 Å². The van der Waals surface area contributed by atoms with Gasteiger partial charge in [0, 0.05) is 36.1 Å². The quantitative estimate of drug-likeness (QED) is 0.521. The van der Waals surface area contributed by atoms with Crippen molar-refractivity contribution in [2.45, 2.75) is 77.3 Å². The summed E-state index contributed by atoms with van der Waals surface area (Å²) in [5, 5.41) is 3.33. The first-order valence-corrected chi connectivity index (χ1v) is 15.7. The van der Waals surface area contributed by atoms with Gasteiger partial charge in [0.2, 0.25) is 10.0 Å². The number of sulfonamides is 1. The van der Waals surface area contributed by atoms with Gasteiger partial charge in [0.15, 0.2) is 0 Å². The molecule has 2 fully saturated rings. The van der Waals surface area contributed by atoms with E-state index in [2.05, 4.69) is 37.9 Å². The Balaban J connectivity index is 1.34. The molecule has 0 radical (unpaired) electrons. The summed E-state index contributed by atoms with van der Waals surface area (Å²) in [6, 6.07) is 6.10. The molecule has 1 aromatic heterocycles. The van der Waals surface area contributed by atoms with Gasteiger partial charge in [-0.1, -0.05) is 27.7 Å². The van der Waals surface area contributed by atoms with Crippen LogP contribution in [0.2, 0.25) is 0 Å². The highest BCUT2D eigenvalue weighted by molar-refractivity contribution is 7.89. The highest BCUT2D eigenvalue weighted by Crippen LogP contribution is 2.53. The van der Waals surface area contributed by atoms with Crippen LogP contribution in [0.4, 0.5) is 5.00 Å². The Hall–Kier alpha value is -2.27. The third kappa shape index (κ3) is 5.03. The first-order chi connectivity index (χ1) is 17.8. The highest BCUT2D eigenvalue weighted by atomic mass is 32.2. The maximum Gasteiger partial charge on any atom is 0.256 e. The first-order valence-electron chi connectivity index (χ1n) is 13.4. The lowest BCUT2D eigenvalue weighted by atomic mass is 9.65. The molecule has 2 bridgehead atoms. The van der Waals surface area contributed by atoms with Gasteiger partial charge < -0.3 is 11.1 Å². The second kappa shape index (κ2) is 9.73. The average Bonchev–Trinajstić information content (AvgIpc) is 3.31. The number of hydrogen-bond acceptors (Lipinski definition) is 6. The molecule has 2 aliphatic heterocycles. The molecule has 5 rings (SSSR count). The molecule has 206 valence electrons. The van der Waals surface area contributed by atoms with E-state index in [0.717, 1.165) is 62.2 Å². The number of thiophene rings is 1. The molecule has 1 aromatic carbocycles. The fraction of sp³-hybridized carbons (Fsp3) is 0.571. The van der Waals surface area contributed by atoms with Crippen LogP contribution in [0.1, 0.15) is 84.5 Å². The van der Waals surface area contributed by atoms with Crippen molar-refractivity contribution in [2.24, 2.45) is 16.6 Å². The monoisotopic (exact) mass is 558 g/mol. The number of nitrogens with one attached hydrogen (secondary N) is 1. The number of amides is 2. The normalized spacial score (nSPS) is 25.2. The van der Waals surface area contributed by atoms with E-state index in [4.69, 9.17) is 5.73 Å². The zero-order valence-electron chi connectivity index (χ0n) is 22.7. The SMILES string of the molecule is CCCN1CCc2c(sc(NC(=O)c3ccc(S(=O)(=O)N4CC5(C)CC4CC(C)(C)C5)cc3)c2C(N)=O)C1. The Kier molecular flexibility index (Phi) is 6.99. The van der Waals surface area contributed by atoms with Gasteiger partial charge in [0.05, 0.1) is 10.5 Å². The first kappa shape index (κ1) is 27.3.